The van der Waals surface area contributed by atoms with Crippen LogP contribution in [-0.4, -0.2) is 37.3 Å². The largest absolute Gasteiger partial charge is 0.478 e. The molecule has 106 valence electrons. The molecule has 1 aromatic rings. The van der Waals surface area contributed by atoms with Crippen molar-refractivity contribution in [3.05, 3.63) is 33.8 Å². The Kier molecular flexibility index (Phi) is 6.90. The van der Waals surface area contributed by atoms with Crippen LogP contribution in [0, 0.1) is 0 Å². The summed E-state index contributed by atoms with van der Waals surface area (Å²) in [4.78, 5) is 10.7. The fourth-order valence-electron chi connectivity index (χ4n) is 1.36. The standard InChI is InChI=1S/C12H14BrF2NO3/c13-10-5-8(12(17)18)1-2-9(10)6-16-3-4-19-7-11(14)15/h1-2,5,11,16H,3-4,6-7H2,(H,17,18). The number of carbonyl (C=O) groups is 1. The summed E-state index contributed by atoms with van der Waals surface area (Å²) in [5.74, 6) is -0.986. The fourth-order valence-corrected chi connectivity index (χ4v) is 1.88. The lowest BCUT2D eigenvalue weighted by Crippen LogP contribution is -2.20. The second-order valence-electron chi connectivity index (χ2n) is 3.75. The first-order valence-corrected chi connectivity index (χ1v) is 6.38. The van der Waals surface area contributed by atoms with Crippen molar-refractivity contribution in [3.8, 4) is 0 Å². The van der Waals surface area contributed by atoms with Crippen LogP contribution in [0.5, 0.6) is 0 Å². The molecule has 4 nitrogen and oxygen atoms in total. The molecule has 1 rings (SSSR count). The first kappa shape index (κ1) is 16.0. The molecule has 19 heavy (non-hydrogen) atoms. The molecule has 0 aliphatic heterocycles. The number of hydrogen-bond acceptors (Lipinski definition) is 3. The van der Waals surface area contributed by atoms with Crippen molar-refractivity contribution in [1.29, 1.82) is 0 Å². The Morgan fingerprint density at radius 2 is 2.21 bits per heavy atom. The average molecular weight is 338 g/mol. The normalized spacial score (nSPS) is 10.9. The highest BCUT2D eigenvalue weighted by Crippen LogP contribution is 2.18. The SMILES string of the molecule is O=C(O)c1ccc(CNCCOCC(F)F)c(Br)c1. The summed E-state index contributed by atoms with van der Waals surface area (Å²) in [5.41, 5.74) is 1.09. The highest BCUT2D eigenvalue weighted by Gasteiger charge is 2.06. The van der Waals surface area contributed by atoms with Gasteiger partial charge in [-0.05, 0) is 17.7 Å². The maximum Gasteiger partial charge on any atom is 0.335 e. The molecule has 0 aromatic heterocycles. The lowest BCUT2D eigenvalue weighted by atomic mass is 10.1. The van der Waals surface area contributed by atoms with E-state index in [9.17, 15) is 13.6 Å². The zero-order valence-electron chi connectivity index (χ0n) is 10.0. The van der Waals surface area contributed by atoms with E-state index >= 15 is 0 Å². The van der Waals surface area contributed by atoms with Crippen molar-refractivity contribution in [2.75, 3.05) is 19.8 Å². The Morgan fingerprint density at radius 1 is 1.47 bits per heavy atom. The number of nitrogens with one attached hydrogen (secondary N) is 1. The number of rotatable bonds is 8. The smallest absolute Gasteiger partial charge is 0.335 e. The van der Waals surface area contributed by atoms with Crippen LogP contribution in [0.15, 0.2) is 22.7 Å². The van der Waals surface area contributed by atoms with Crippen LogP contribution < -0.4 is 5.32 Å². The summed E-state index contributed by atoms with van der Waals surface area (Å²) < 4.78 is 28.9. The van der Waals surface area contributed by atoms with Crippen LogP contribution in [0.3, 0.4) is 0 Å². The van der Waals surface area contributed by atoms with E-state index in [0.717, 1.165) is 5.56 Å². The molecule has 0 unspecified atom stereocenters. The fraction of sp³-hybridized carbons (Fsp3) is 0.417. The number of aromatic carboxylic acids is 1. The van der Waals surface area contributed by atoms with Gasteiger partial charge in [0.05, 0.1) is 12.2 Å². The number of ether oxygens (including phenoxy) is 1. The summed E-state index contributed by atoms with van der Waals surface area (Å²) in [6.07, 6.45) is -2.45. The molecule has 0 atom stereocenters. The van der Waals surface area contributed by atoms with Crippen molar-refractivity contribution in [1.82, 2.24) is 5.32 Å². The number of halogens is 3. The van der Waals surface area contributed by atoms with Gasteiger partial charge in [0.25, 0.3) is 6.43 Å². The summed E-state index contributed by atoms with van der Waals surface area (Å²) in [6, 6.07) is 4.73. The van der Waals surface area contributed by atoms with Gasteiger partial charge in [-0.15, -0.1) is 0 Å². The molecular weight excluding hydrogens is 324 g/mol. The minimum Gasteiger partial charge on any atom is -0.478 e. The van der Waals surface area contributed by atoms with Gasteiger partial charge in [0, 0.05) is 17.6 Å². The van der Waals surface area contributed by atoms with E-state index in [4.69, 9.17) is 9.84 Å². The number of alkyl halides is 2. The van der Waals surface area contributed by atoms with Crippen molar-refractivity contribution < 1.29 is 23.4 Å². The van der Waals surface area contributed by atoms with Crippen LogP contribution in [0.25, 0.3) is 0 Å². The quantitative estimate of drug-likeness (QED) is 0.715. The van der Waals surface area contributed by atoms with Crippen LogP contribution >= 0.6 is 15.9 Å². The van der Waals surface area contributed by atoms with E-state index in [1.165, 1.54) is 12.1 Å². The number of carboxylic acids is 1. The van der Waals surface area contributed by atoms with Crippen molar-refractivity contribution >= 4 is 21.9 Å². The minimum absolute atomic E-state index is 0.204. The van der Waals surface area contributed by atoms with Gasteiger partial charge < -0.3 is 15.2 Å². The molecule has 0 spiro atoms. The summed E-state index contributed by atoms with van der Waals surface area (Å²) in [5, 5.41) is 11.8. The molecule has 0 radical (unpaired) electrons. The summed E-state index contributed by atoms with van der Waals surface area (Å²) >= 11 is 3.28. The Morgan fingerprint density at radius 3 is 2.79 bits per heavy atom. The third-order valence-electron chi connectivity index (χ3n) is 2.28. The zero-order chi connectivity index (χ0) is 14.3. The second kappa shape index (κ2) is 8.19. The Balaban J connectivity index is 2.32. The van der Waals surface area contributed by atoms with Gasteiger partial charge in [-0.1, -0.05) is 22.0 Å². The number of hydrogen-bond donors (Lipinski definition) is 2. The molecule has 0 aliphatic carbocycles. The Bertz CT molecular complexity index is 429. The van der Waals surface area contributed by atoms with Crippen molar-refractivity contribution in [2.45, 2.75) is 13.0 Å². The first-order chi connectivity index (χ1) is 9.00. The van der Waals surface area contributed by atoms with Crippen LogP contribution in [-0.2, 0) is 11.3 Å². The van der Waals surface area contributed by atoms with Gasteiger partial charge >= 0.3 is 5.97 Å². The highest BCUT2D eigenvalue weighted by molar-refractivity contribution is 9.10. The lowest BCUT2D eigenvalue weighted by molar-refractivity contribution is 0.0187. The summed E-state index contributed by atoms with van der Waals surface area (Å²) in [7, 11) is 0. The third kappa shape index (κ3) is 6.09. The molecule has 0 fully saturated rings. The lowest BCUT2D eigenvalue weighted by Gasteiger charge is -2.08. The van der Waals surface area contributed by atoms with E-state index in [1.54, 1.807) is 6.07 Å². The van der Waals surface area contributed by atoms with Gasteiger partial charge in [0.2, 0.25) is 0 Å². The van der Waals surface area contributed by atoms with E-state index in [-0.39, 0.29) is 12.2 Å². The molecule has 2 N–H and O–H groups in total. The van der Waals surface area contributed by atoms with Crippen molar-refractivity contribution in [2.24, 2.45) is 0 Å². The van der Waals surface area contributed by atoms with E-state index in [1.807, 2.05) is 0 Å². The van der Waals surface area contributed by atoms with E-state index < -0.39 is 19.0 Å². The van der Waals surface area contributed by atoms with Crippen LogP contribution in [0.2, 0.25) is 0 Å². The second-order valence-corrected chi connectivity index (χ2v) is 4.61. The zero-order valence-corrected chi connectivity index (χ0v) is 11.6. The monoisotopic (exact) mass is 337 g/mol. The van der Waals surface area contributed by atoms with Crippen LogP contribution in [0.1, 0.15) is 15.9 Å². The number of carboxylic acid groups (broad SMARTS) is 1. The summed E-state index contributed by atoms with van der Waals surface area (Å²) in [6.45, 7) is 0.589. The third-order valence-corrected chi connectivity index (χ3v) is 3.02. The van der Waals surface area contributed by atoms with Gasteiger partial charge in [0.1, 0.15) is 6.61 Å². The minimum atomic E-state index is -2.45. The van der Waals surface area contributed by atoms with Gasteiger partial charge in [-0.3, -0.25) is 0 Å². The predicted molar refractivity (Wildman–Crippen MR) is 69.6 cm³/mol. The maximum absolute atomic E-state index is 11.8. The molecule has 7 heteroatoms. The predicted octanol–water partition coefficient (Wildman–Crippen LogP) is 2.52. The molecule has 0 aliphatic rings. The first-order valence-electron chi connectivity index (χ1n) is 5.59. The average Bonchev–Trinajstić information content (AvgIpc) is 2.34. The van der Waals surface area contributed by atoms with E-state index in [2.05, 4.69) is 21.2 Å². The number of benzene rings is 1. The van der Waals surface area contributed by atoms with Gasteiger partial charge in [-0.2, -0.15) is 0 Å². The molecule has 0 bridgehead atoms. The highest BCUT2D eigenvalue weighted by atomic mass is 79.9. The van der Waals surface area contributed by atoms with Crippen LogP contribution in [0.4, 0.5) is 8.78 Å². The molecule has 0 saturated carbocycles. The Hall–Kier alpha value is -1.05. The van der Waals surface area contributed by atoms with Gasteiger partial charge in [0.15, 0.2) is 0 Å². The maximum atomic E-state index is 11.8. The molecule has 0 amide bonds. The van der Waals surface area contributed by atoms with Crippen molar-refractivity contribution in [3.63, 3.8) is 0 Å². The molecule has 0 saturated heterocycles. The molecule has 1 aromatic carbocycles. The Labute approximate surface area is 117 Å². The topological polar surface area (TPSA) is 58.6 Å². The molecular formula is C12H14BrF2NO3. The van der Waals surface area contributed by atoms with E-state index in [0.29, 0.717) is 17.6 Å². The molecule has 0 heterocycles. The van der Waals surface area contributed by atoms with Gasteiger partial charge in [-0.25, -0.2) is 13.6 Å².